The fraction of sp³-hybridized carbons (Fsp3) is 0.788. The minimum atomic E-state index is -1.94. The molecule has 0 aromatic rings. The molecule has 3 aliphatic rings. The first kappa shape index (κ1) is 30.6. The van der Waals surface area contributed by atoms with Gasteiger partial charge in [-0.05, 0) is 105 Å². The predicted molar refractivity (Wildman–Crippen MR) is 159 cm³/mol. The highest BCUT2D eigenvalue weighted by Gasteiger charge is 2.54. The molecule has 210 valence electrons. The summed E-state index contributed by atoms with van der Waals surface area (Å²) in [7, 11) is -1.94. The maximum absolute atomic E-state index is 12.3. The van der Waals surface area contributed by atoms with E-state index in [2.05, 4.69) is 66.4 Å². The number of allylic oxidation sites excluding steroid dienone is 4. The highest BCUT2D eigenvalue weighted by molar-refractivity contribution is 6.82. The van der Waals surface area contributed by atoms with Crippen LogP contribution in [-0.4, -0.2) is 34.9 Å². The third kappa shape index (κ3) is 5.97. The van der Waals surface area contributed by atoms with E-state index in [1.54, 1.807) is 19.4 Å². The Balaban J connectivity index is 1.78. The second kappa shape index (κ2) is 10.5. The van der Waals surface area contributed by atoms with Crippen LogP contribution in [0.1, 0.15) is 113 Å². The zero-order chi connectivity index (χ0) is 28.0. The SMILES string of the molecule is C=C1CC[C@@](O)([Si](C)(C)C(C)(C)C)C/C1=C/C=C1CCC[C@@]2(C)C1CC[C@@H]2[C@H](C)CCC(=O)C(C)(C)O. The third-order valence-corrected chi connectivity index (χ3v) is 18.1. The average molecular weight is 529 g/mol. The molecule has 37 heavy (non-hydrogen) atoms. The van der Waals surface area contributed by atoms with Crippen molar-refractivity contribution in [1.29, 1.82) is 0 Å². The Kier molecular flexibility index (Phi) is 8.71. The molecule has 2 N–H and O–H groups in total. The van der Waals surface area contributed by atoms with Gasteiger partial charge in [-0.3, -0.25) is 4.79 Å². The van der Waals surface area contributed by atoms with E-state index in [9.17, 15) is 15.0 Å². The van der Waals surface area contributed by atoms with Gasteiger partial charge in [-0.25, -0.2) is 0 Å². The standard InChI is InChI=1S/C33H56O3Si/c1-23-19-21-33(36,37(9,10)30(3,4)5)22-26(23)15-14-25-12-11-20-32(8)27(16-17-28(25)32)24(2)13-18-29(34)31(6,7)35/h14-15,24,27-28,35-36H,1,11-13,16-22H2,2-10H3/b25-14?,26-15-/t24-,27-,28?,32-,33-/m1/s1. The van der Waals surface area contributed by atoms with Gasteiger partial charge in [-0.1, -0.05) is 77.6 Å². The molecule has 0 saturated heterocycles. The van der Waals surface area contributed by atoms with Gasteiger partial charge in [0, 0.05) is 6.42 Å². The maximum Gasteiger partial charge on any atom is 0.163 e. The molecule has 3 nitrogen and oxygen atoms in total. The molecule has 0 spiro atoms. The van der Waals surface area contributed by atoms with Crippen LogP contribution in [0.4, 0.5) is 0 Å². The third-order valence-electron chi connectivity index (χ3n) is 11.5. The molecule has 0 aromatic carbocycles. The van der Waals surface area contributed by atoms with Crippen LogP contribution < -0.4 is 0 Å². The Hall–Kier alpha value is -0.973. The molecule has 3 rings (SSSR count). The first-order chi connectivity index (χ1) is 16.8. The summed E-state index contributed by atoms with van der Waals surface area (Å²) in [4.78, 5) is 12.3. The molecule has 0 aromatic heterocycles. The Bertz CT molecular complexity index is 944. The minimum Gasteiger partial charge on any atom is -0.393 e. The van der Waals surface area contributed by atoms with Gasteiger partial charge in [0.2, 0.25) is 0 Å². The smallest absolute Gasteiger partial charge is 0.163 e. The largest absolute Gasteiger partial charge is 0.393 e. The number of Topliss-reactive ketones (excluding diaryl/α,β-unsaturated/α-hetero) is 1. The molecule has 3 aliphatic carbocycles. The molecule has 0 aliphatic heterocycles. The van der Waals surface area contributed by atoms with Crippen molar-refractivity contribution in [3.8, 4) is 0 Å². The van der Waals surface area contributed by atoms with E-state index in [0.29, 0.717) is 24.2 Å². The highest BCUT2D eigenvalue weighted by Crippen LogP contribution is 2.60. The Morgan fingerprint density at radius 1 is 1.14 bits per heavy atom. The lowest BCUT2D eigenvalue weighted by Crippen LogP contribution is -2.60. The van der Waals surface area contributed by atoms with Gasteiger partial charge < -0.3 is 10.2 Å². The number of hydrogen-bond acceptors (Lipinski definition) is 3. The fourth-order valence-corrected chi connectivity index (χ4v) is 10.5. The topological polar surface area (TPSA) is 57.5 Å². The molecule has 3 fully saturated rings. The minimum absolute atomic E-state index is 0.0414. The molecular formula is C33H56O3Si. The summed E-state index contributed by atoms with van der Waals surface area (Å²) in [6.07, 6.45) is 14.6. The predicted octanol–water partition coefficient (Wildman–Crippen LogP) is 8.33. The summed E-state index contributed by atoms with van der Waals surface area (Å²) >= 11 is 0. The second-order valence-electron chi connectivity index (χ2n) is 15.2. The molecule has 3 saturated carbocycles. The Morgan fingerprint density at radius 3 is 2.38 bits per heavy atom. The summed E-state index contributed by atoms with van der Waals surface area (Å²) in [5.74, 6) is 1.67. The Morgan fingerprint density at radius 2 is 1.78 bits per heavy atom. The lowest BCUT2D eigenvalue weighted by molar-refractivity contribution is -0.134. The molecule has 0 heterocycles. The normalized spacial score (nSPS) is 34.6. The van der Waals surface area contributed by atoms with Crippen LogP contribution in [0.15, 0.2) is 35.5 Å². The van der Waals surface area contributed by atoms with E-state index < -0.39 is 18.9 Å². The molecule has 1 unspecified atom stereocenters. The Labute approximate surface area is 228 Å². The first-order valence-electron chi connectivity index (χ1n) is 14.9. The van der Waals surface area contributed by atoms with Crippen LogP contribution in [0.3, 0.4) is 0 Å². The van der Waals surface area contributed by atoms with E-state index in [-0.39, 0.29) is 16.2 Å². The highest BCUT2D eigenvalue weighted by atomic mass is 28.3. The molecule has 0 radical (unpaired) electrons. The van der Waals surface area contributed by atoms with Crippen LogP contribution in [0.2, 0.25) is 18.1 Å². The molecular weight excluding hydrogens is 472 g/mol. The lowest BCUT2D eigenvalue weighted by atomic mass is 9.60. The van der Waals surface area contributed by atoms with Gasteiger partial charge in [0.05, 0.1) is 13.3 Å². The van der Waals surface area contributed by atoms with Crippen LogP contribution in [0.5, 0.6) is 0 Å². The van der Waals surface area contributed by atoms with Crippen molar-refractivity contribution in [2.45, 2.75) is 142 Å². The number of aliphatic hydroxyl groups is 2. The quantitative estimate of drug-likeness (QED) is 0.327. The van der Waals surface area contributed by atoms with Crippen molar-refractivity contribution in [1.82, 2.24) is 0 Å². The molecule has 5 atom stereocenters. The van der Waals surface area contributed by atoms with Gasteiger partial charge >= 0.3 is 0 Å². The molecule has 0 bridgehead atoms. The van der Waals surface area contributed by atoms with Crippen LogP contribution in [0.25, 0.3) is 0 Å². The second-order valence-corrected chi connectivity index (χ2v) is 20.9. The number of carbonyl (C=O) groups excluding carboxylic acids is 1. The van der Waals surface area contributed by atoms with Gasteiger partial charge in [0.15, 0.2) is 5.78 Å². The van der Waals surface area contributed by atoms with Crippen LogP contribution in [-0.2, 0) is 4.79 Å². The van der Waals surface area contributed by atoms with Gasteiger partial charge in [0.25, 0.3) is 0 Å². The number of hydrogen-bond donors (Lipinski definition) is 2. The summed E-state index contributed by atoms with van der Waals surface area (Å²) in [5, 5.41) is 21.5. The number of carbonyl (C=O) groups is 1. The van der Waals surface area contributed by atoms with E-state index in [4.69, 9.17) is 0 Å². The zero-order valence-corrected chi connectivity index (χ0v) is 26.5. The van der Waals surface area contributed by atoms with Gasteiger partial charge in [-0.15, -0.1) is 0 Å². The van der Waals surface area contributed by atoms with E-state index in [0.717, 1.165) is 25.7 Å². The number of ketones is 1. The van der Waals surface area contributed by atoms with Gasteiger partial charge in [-0.2, -0.15) is 0 Å². The summed E-state index contributed by atoms with van der Waals surface area (Å²) in [5.41, 5.74) is 3.10. The van der Waals surface area contributed by atoms with Crippen molar-refractivity contribution in [2.75, 3.05) is 0 Å². The monoisotopic (exact) mass is 528 g/mol. The summed E-state index contributed by atoms with van der Waals surface area (Å²) in [6, 6.07) is 0. The number of rotatable bonds is 7. The van der Waals surface area contributed by atoms with Crippen LogP contribution >= 0.6 is 0 Å². The van der Waals surface area contributed by atoms with Crippen molar-refractivity contribution < 1.29 is 15.0 Å². The van der Waals surface area contributed by atoms with Crippen molar-refractivity contribution >= 4 is 13.9 Å². The maximum atomic E-state index is 12.3. The summed E-state index contributed by atoms with van der Waals surface area (Å²) < 4.78 is 0. The van der Waals surface area contributed by atoms with E-state index in [1.165, 1.54) is 43.3 Å². The van der Waals surface area contributed by atoms with Crippen LogP contribution in [0, 0.1) is 23.2 Å². The first-order valence-corrected chi connectivity index (χ1v) is 17.9. The van der Waals surface area contributed by atoms with Gasteiger partial charge in [0.1, 0.15) is 5.60 Å². The number of fused-ring (bicyclic) bond motifs is 1. The molecule has 0 amide bonds. The average Bonchev–Trinajstić information content (AvgIpc) is 3.14. The van der Waals surface area contributed by atoms with E-state index in [1.807, 2.05) is 0 Å². The fourth-order valence-electron chi connectivity index (χ4n) is 7.74. The van der Waals surface area contributed by atoms with Crippen molar-refractivity contribution in [2.24, 2.45) is 23.2 Å². The van der Waals surface area contributed by atoms with Crippen molar-refractivity contribution in [3.63, 3.8) is 0 Å². The van der Waals surface area contributed by atoms with E-state index >= 15 is 0 Å². The lowest BCUT2D eigenvalue weighted by Gasteiger charge is -2.52. The zero-order valence-electron chi connectivity index (χ0n) is 25.5. The van der Waals surface area contributed by atoms with Crippen molar-refractivity contribution in [3.05, 3.63) is 35.5 Å². The summed E-state index contributed by atoms with van der Waals surface area (Å²) in [6.45, 7) is 24.0. The molecule has 4 heteroatoms.